The molecule has 0 rings (SSSR count). The summed E-state index contributed by atoms with van der Waals surface area (Å²) < 4.78 is 46.5. The molecule has 0 nitrogen and oxygen atoms in total. The molecule has 0 atom stereocenters. The van der Waals surface area contributed by atoms with Gasteiger partial charge >= 0.3 is 57.4 Å². The second-order valence-corrected chi connectivity index (χ2v) is 3.96. The monoisotopic (exact) mass is 254 g/mol. The molecule has 0 unspecified atom stereocenters. The average Bonchev–Trinajstić information content (AvgIpc) is 1.59. The Hall–Kier alpha value is 0.01000. The van der Waals surface area contributed by atoms with E-state index in [4.69, 9.17) is 0 Å². The maximum atomic E-state index is 11.7. The van der Waals surface area contributed by atoms with Gasteiger partial charge in [-0.1, -0.05) is 0 Å². The summed E-state index contributed by atoms with van der Waals surface area (Å²) in [5.41, 5.74) is 0. The number of alkyl halides is 4. The van der Waals surface area contributed by atoms with Gasteiger partial charge in [-0.25, -0.2) is 0 Å². The molecule has 0 saturated carbocycles. The number of hydrogen-bond acceptors (Lipinski definition) is 0. The summed E-state index contributed by atoms with van der Waals surface area (Å²) in [6.07, 6.45) is -4.53. The Bertz CT molecular complexity index is 137. The summed E-state index contributed by atoms with van der Waals surface area (Å²) in [6.45, 7) is 0. The molecule has 54 valence electrons. The first-order valence-corrected chi connectivity index (χ1v) is 5.83. The SMILES string of the molecule is CI(F)C#CC(F)(F)F. The zero-order chi connectivity index (χ0) is 7.49. The first kappa shape index (κ1) is 9.01. The molecule has 5 heteroatoms. The molecule has 0 saturated heterocycles. The number of halogens is 5. The third-order valence-corrected chi connectivity index (χ3v) is 1.33. The van der Waals surface area contributed by atoms with E-state index in [1.807, 2.05) is 0 Å². The van der Waals surface area contributed by atoms with Crippen LogP contribution in [0.25, 0.3) is 0 Å². The molecule has 0 heterocycles. The van der Waals surface area contributed by atoms with Crippen molar-refractivity contribution in [3.63, 3.8) is 0 Å². The van der Waals surface area contributed by atoms with E-state index in [2.05, 4.69) is 0 Å². The second kappa shape index (κ2) is 3.25. The van der Waals surface area contributed by atoms with Gasteiger partial charge in [0.25, 0.3) is 0 Å². The van der Waals surface area contributed by atoms with Gasteiger partial charge in [-0.15, -0.1) is 0 Å². The fourth-order valence-corrected chi connectivity index (χ4v) is 0.796. The van der Waals surface area contributed by atoms with Gasteiger partial charge in [-0.2, -0.15) is 0 Å². The summed E-state index contributed by atoms with van der Waals surface area (Å²) in [4.78, 5) is 1.10. The van der Waals surface area contributed by atoms with Crippen LogP contribution in [0.15, 0.2) is 0 Å². The van der Waals surface area contributed by atoms with Crippen molar-refractivity contribution in [1.29, 1.82) is 0 Å². The van der Waals surface area contributed by atoms with Crippen LogP contribution in [0, 0.1) is 9.85 Å². The average molecular weight is 254 g/mol. The van der Waals surface area contributed by atoms with Gasteiger partial charge in [0.05, 0.1) is 0 Å². The summed E-state index contributed by atoms with van der Waals surface area (Å²) >= 11 is -3.00. The third kappa shape index (κ3) is 8.01. The molecule has 0 aliphatic carbocycles. The Kier molecular flexibility index (Phi) is 3.25. The quantitative estimate of drug-likeness (QED) is 0.269. The van der Waals surface area contributed by atoms with Crippen molar-refractivity contribution in [3.8, 4) is 9.85 Å². The molecular weight excluding hydrogens is 251 g/mol. The Balaban J connectivity index is 3.88. The fourth-order valence-electron chi connectivity index (χ4n) is 0.119. The van der Waals surface area contributed by atoms with Crippen molar-refractivity contribution in [2.24, 2.45) is 0 Å². The fraction of sp³-hybridized carbons (Fsp3) is 0.500. The van der Waals surface area contributed by atoms with E-state index in [9.17, 15) is 16.0 Å². The molecule has 0 aliphatic heterocycles. The van der Waals surface area contributed by atoms with Gasteiger partial charge in [0.1, 0.15) is 0 Å². The standard InChI is InChI=1S/C4H3F4I/c1-9(8)3-2-4(5,6)7/h1H3. The summed E-state index contributed by atoms with van der Waals surface area (Å²) in [6, 6.07) is 0. The van der Waals surface area contributed by atoms with Crippen LogP contribution in [-0.4, -0.2) is 11.1 Å². The molecule has 0 amide bonds. The molecule has 0 aliphatic rings. The van der Waals surface area contributed by atoms with Crippen LogP contribution < -0.4 is 0 Å². The predicted molar refractivity (Wildman–Crippen MR) is 34.9 cm³/mol. The Morgan fingerprint density at radius 2 is 1.78 bits per heavy atom. The van der Waals surface area contributed by atoms with E-state index in [-0.39, 0.29) is 0 Å². The van der Waals surface area contributed by atoms with Gasteiger partial charge in [-0.3, -0.25) is 0 Å². The third-order valence-electron chi connectivity index (χ3n) is 0.319. The van der Waals surface area contributed by atoms with Crippen LogP contribution in [0.4, 0.5) is 16.0 Å². The Morgan fingerprint density at radius 3 is 1.89 bits per heavy atom. The molecule has 9 heavy (non-hydrogen) atoms. The van der Waals surface area contributed by atoms with Gasteiger partial charge in [0, 0.05) is 0 Å². The van der Waals surface area contributed by atoms with Crippen molar-refractivity contribution in [2.45, 2.75) is 6.18 Å². The maximum absolute atomic E-state index is 11.7. The van der Waals surface area contributed by atoms with Gasteiger partial charge < -0.3 is 0 Å². The van der Waals surface area contributed by atoms with Gasteiger partial charge in [-0.05, 0) is 0 Å². The molecule has 0 bridgehead atoms. The van der Waals surface area contributed by atoms with E-state index in [0.29, 0.717) is 0 Å². The molecule has 0 aromatic rings. The van der Waals surface area contributed by atoms with E-state index in [0.717, 1.165) is 10.9 Å². The van der Waals surface area contributed by atoms with Crippen LogP contribution >= 0.6 is 20.4 Å². The van der Waals surface area contributed by atoms with Crippen LogP contribution in [0.5, 0.6) is 0 Å². The molecular formula is C4H3F4I. The minimum absolute atomic E-state index is 0.866. The van der Waals surface area contributed by atoms with E-state index >= 15 is 0 Å². The first-order chi connectivity index (χ1) is 3.92. The molecule has 0 spiro atoms. The van der Waals surface area contributed by atoms with E-state index < -0.39 is 26.6 Å². The second-order valence-electron chi connectivity index (χ2n) is 1.12. The molecule has 0 radical (unpaired) electrons. The van der Waals surface area contributed by atoms with Crippen LogP contribution in [0.1, 0.15) is 0 Å². The minimum atomic E-state index is -4.53. The van der Waals surface area contributed by atoms with Crippen molar-refractivity contribution >= 4 is 20.4 Å². The molecule has 0 aromatic carbocycles. The zero-order valence-corrected chi connectivity index (χ0v) is 6.55. The van der Waals surface area contributed by atoms with Crippen molar-refractivity contribution < 1.29 is 16.0 Å². The summed E-state index contributed by atoms with van der Waals surface area (Å²) in [5, 5.41) is 0. The number of hydrogen-bond donors (Lipinski definition) is 0. The van der Waals surface area contributed by atoms with E-state index in [1.165, 1.54) is 3.93 Å². The van der Waals surface area contributed by atoms with Crippen LogP contribution in [-0.2, 0) is 0 Å². The number of rotatable bonds is 0. The molecule has 0 aromatic heterocycles. The van der Waals surface area contributed by atoms with Crippen LogP contribution in [0.2, 0.25) is 0 Å². The van der Waals surface area contributed by atoms with Crippen molar-refractivity contribution in [1.82, 2.24) is 0 Å². The normalized spacial score (nSPS) is 11.9. The predicted octanol–water partition coefficient (Wildman–Crippen LogP) is 2.53. The van der Waals surface area contributed by atoms with Crippen LogP contribution in [0.3, 0.4) is 0 Å². The topological polar surface area (TPSA) is 0 Å². The van der Waals surface area contributed by atoms with Gasteiger partial charge in [0.15, 0.2) is 0 Å². The summed E-state index contributed by atoms with van der Waals surface area (Å²) in [5.74, 6) is 0.866. The van der Waals surface area contributed by atoms with Crippen molar-refractivity contribution in [2.75, 3.05) is 4.93 Å². The van der Waals surface area contributed by atoms with Crippen molar-refractivity contribution in [3.05, 3.63) is 0 Å². The zero-order valence-electron chi connectivity index (χ0n) is 4.39. The Morgan fingerprint density at radius 1 is 1.33 bits per heavy atom. The summed E-state index contributed by atoms with van der Waals surface area (Å²) in [7, 11) is 0. The first-order valence-electron chi connectivity index (χ1n) is 1.78. The molecule has 0 fully saturated rings. The van der Waals surface area contributed by atoms with E-state index in [1.54, 1.807) is 0 Å². The van der Waals surface area contributed by atoms with Gasteiger partial charge in [0.2, 0.25) is 0 Å². The Labute approximate surface area is 57.8 Å². The molecule has 0 N–H and O–H groups in total.